The van der Waals surface area contributed by atoms with Crippen molar-refractivity contribution in [3.63, 3.8) is 0 Å². The predicted octanol–water partition coefficient (Wildman–Crippen LogP) is 2.28. The van der Waals surface area contributed by atoms with Gasteiger partial charge in [-0.1, -0.05) is 0 Å². The number of rotatable bonds is 6. The Labute approximate surface area is 107 Å². The lowest BCUT2D eigenvalue weighted by atomic mass is 10.2. The molecule has 18 heavy (non-hydrogen) atoms. The minimum Gasteiger partial charge on any atom is -0.494 e. The van der Waals surface area contributed by atoms with Crippen LogP contribution in [0.5, 0.6) is 5.75 Å². The van der Waals surface area contributed by atoms with E-state index in [2.05, 4.69) is 4.90 Å². The third-order valence-corrected chi connectivity index (χ3v) is 2.77. The van der Waals surface area contributed by atoms with Gasteiger partial charge in [-0.05, 0) is 13.8 Å². The molecule has 0 aromatic heterocycles. The Bertz CT molecular complexity index is 397. The van der Waals surface area contributed by atoms with Crippen LogP contribution < -0.4 is 15.4 Å². The molecule has 0 aliphatic rings. The highest BCUT2D eigenvalue weighted by atomic mass is 19.1. The average Bonchev–Trinajstić information content (AvgIpc) is 2.31. The molecule has 0 aliphatic heterocycles. The number of anilines is 2. The minimum absolute atomic E-state index is 0.197. The van der Waals surface area contributed by atoms with E-state index >= 15 is 0 Å². The molecule has 0 atom stereocenters. The van der Waals surface area contributed by atoms with Gasteiger partial charge in [-0.15, -0.1) is 0 Å². The number of benzene rings is 1. The van der Waals surface area contributed by atoms with Crippen LogP contribution in [0.15, 0.2) is 12.1 Å². The summed E-state index contributed by atoms with van der Waals surface area (Å²) in [5, 5.41) is 0. The van der Waals surface area contributed by atoms with Crippen molar-refractivity contribution in [1.82, 2.24) is 0 Å². The highest BCUT2D eigenvalue weighted by Crippen LogP contribution is 2.31. The van der Waals surface area contributed by atoms with Crippen LogP contribution in [0.4, 0.5) is 15.8 Å². The van der Waals surface area contributed by atoms with E-state index in [-0.39, 0.29) is 11.8 Å². The van der Waals surface area contributed by atoms with Gasteiger partial charge in [0.05, 0.1) is 25.1 Å². The van der Waals surface area contributed by atoms with Gasteiger partial charge in [-0.25, -0.2) is 4.39 Å². The highest BCUT2D eigenvalue weighted by molar-refractivity contribution is 5.70. The molecule has 0 saturated heterocycles. The van der Waals surface area contributed by atoms with Crippen LogP contribution in [0.2, 0.25) is 0 Å². The molecule has 0 saturated carbocycles. The summed E-state index contributed by atoms with van der Waals surface area (Å²) in [5.41, 5.74) is 7.04. The summed E-state index contributed by atoms with van der Waals surface area (Å²) in [4.78, 5) is 2.06. The number of methoxy groups -OCH3 is 2. The molecule has 0 fully saturated rings. The van der Waals surface area contributed by atoms with Crippen molar-refractivity contribution >= 4 is 11.4 Å². The maximum atomic E-state index is 13.5. The lowest BCUT2D eigenvalue weighted by molar-refractivity contribution is 0.204. The maximum Gasteiger partial charge on any atom is 0.167 e. The third-order valence-electron chi connectivity index (χ3n) is 2.77. The first kappa shape index (κ1) is 14.6. The van der Waals surface area contributed by atoms with E-state index < -0.39 is 5.82 Å². The van der Waals surface area contributed by atoms with Gasteiger partial charge in [0.2, 0.25) is 0 Å². The van der Waals surface area contributed by atoms with Gasteiger partial charge in [0.15, 0.2) is 11.6 Å². The molecule has 1 aromatic rings. The molecule has 4 nitrogen and oxygen atoms in total. The summed E-state index contributed by atoms with van der Waals surface area (Å²) >= 11 is 0. The van der Waals surface area contributed by atoms with Gasteiger partial charge in [-0.2, -0.15) is 0 Å². The fourth-order valence-electron chi connectivity index (χ4n) is 1.81. The molecule has 5 heteroatoms. The van der Waals surface area contributed by atoms with E-state index in [0.717, 1.165) is 5.69 Å². The average molecular weight is 256 g/mol. The van der Waals surface area contributed by atoms with Gasteiger partial charge in [-0.3, -0.25) is 0 Å². The zero-order valence-corrected chi connectivity index (χ0v) is 11.4. The van der Waals surface area contributed by atoms with Crippen molar-refractivity contribution in [2.24, 2.45) is 0 Å². The maximum absolute atomic E-state index is 13.5. The Morgan fingerprint density at radius 1 is 1.33 bits per heavy atom. The first-order valence-electron chi connectivity index (χ1n) is 5.89. The van der Waals surface area contributed by atoms with Gasteiger partial charge in [0, 0.05) is 31.8 Å². The summed E-state index contributed by atoms with van der Waals surface area (Å²) in [6.07, 6.45) is 0. The number of hydrogen-bond donors (Lipinski definition) is 1. The summed E-state index contributed by atoms with van der Waals surface area (Å²) < 4.78 is 23.6. The van der Waals surface area contributed by atoms with Gasteiger partial charge in [0.1, 0.15) is 0 Å². The van der Waals surface area contributed by atoms with Gasteiger partial charge < -0.3 is 20.1 Å². The highest BCUT2D eigenvalue weighted by Gasteiger charge is 2.16. The fraction of sp³-hybridized carbons (Fsp3) is 0.538. The SMILES string of the molecule is COCCN(c1cc(OC)c(F)cc1N)C(C)C. The first-order chi connectivity index (χ1) is 8.51. The predicted molar refractivity (Wildman–Crippen MR) is 71.7 cm³/mol. The molecule has 0 amide bonds. The van der Waals surface area contributed by atoms with E-state index in [9.17, 15) is 4.39 Å². The molecule has 0 spiro atoms. The third kappa shape index (κ3) is 3.26. The number of nitrogens with zero attached hydrogens (tertiary/aromatic N) is 1. The van der Waals surface area contributed by atoms with Crippen LogP contribution in [-0.2, 0) is 4.74 Å². The Kier molecular flexibility index (Phi) is 5.22. The van der Waals surface area contributed by atoms with Crippen molar-refractivity contribution in [3.05, 3.63) is 17.9 Å². The molecule has 0 unspecified atom stereocenters. The first-order valence-corrected chi connectivity index (χ1v) is 5.89. The topological polar surface area (TPSA) is 47.7 Å². The van der Waals surface area contributed by atoms with Crippen molar-refractivity contribution < 1.29 is 13.9 Å². The Hall–Kier alpha value is -1.49. The second kappa shape index (κ2) is 6.44. The number of hydrogen-bond acceptors (Lipinski definition) is 4. The van der Waals surface area contributed by atoms with Crippen LogP contribution in [0.1, 0.15) is 13.8 Å². The molecule has 1 aromatic carbocycles. The molecule has 0 bridgehead atoms. The smallest absolute Gasteiger partial charge is 0.167 e. The largest absolute Gasteiger partial charge is 0.494 e. The zero-order valence-electron chi connectivity index (χ0n) is 11.4. The summed E-state index contributed by atoms with van der Waals surface area (Å²) in [6.45, 7) is 5.36. The van der Waals surface area contributed by atoms with Crippen LogP contribution in [-0.4, -0.2) is 33.4 Å². The molecule has 0 radical (unpaired) electrons. The van der Waals surface area contributed by atoms with E-state index in [1.165, 1.54) is 13.2 Å². The van der Waals surface area contributed by atoms with Gasteiger partial charge >= 0.3 is 0 Å². The van der Waals surface area contributed by atoms with Crippen LogP contribution in [0, 0.1) is 5.82 Å². The quantitative estimate of drug-likeness (QED) is 0.793. The molecule has 0 heterocycles. The zero-order chi connectivity index (χ0) is 13.7. The van der Waals surface area contributed by atoms with Crippen molar-refractivity contribution in [3.8, 4) is 5.75 Å². The number of ether oxygens (including phenoxy) is 2. The molecule has 102 valence electrons. The summed E-state index contributed by atoms with van der Waals surface area (Å²) in [7, 11) is 3.08. The Morgan fingerprint density at radius 2 is 2.00 bits per heavy atom. The second-order valence-electron chi connectivity index (χ2n) is 4.33. The van der Waals surface area contributed by atoms with Crippen LogP contribution in [0.3, 0.4) is 0 Å². The molecule has 2 N–H and O–H groups in total. The Morgan fingerprint density at radius 3 is 2.50 bits per heavy atom. The second-order valence-corrected chi connectivity index (χ2v) is 4.33. The lowest BCUT2D eigenvalue weighted by Crippen LogP contribution is -2.34. The normalized spacial score (nSPS) is 10.8. The van der Waals surface area contributed by atoms with E-state index in [1.807, 2.05) is 13.8 Å². The van der Waals surface area contributed by atoms with Crippen LogP contribution in [0.25, 0.3) is 0 Å². The minimum atomic E-state index is -0.450. The monoisotopic (exact) mass is 256 g/mol. The number of nitrogen functional groups attached to an aromatic ring is 1. The fourth-order valence-corrected chi connectivity index (χ4v) is 1.81. The van der Waals surface area contributed by atoms with Crippen molar-refractivity contribution in [2.75, 3.05) is 38.0 Å². The van der Waals surface area contributed by atoms with E-state index in [0.29, 0.717) is 18.8 Å². The number of halogens is 1. The molecule has 1 rings (SSSR count). The lowest BCUT2D eigenvalue weighted by Gasteiger charge is -2.30. The van der Waals surface area contributed by atoms with E-state index in [4.69, 9.17) is 15.2 Å². The molecular weight excluding hydrogens is 235 g/mol. The summed E-state index contributed by atoms with van der Waals surface area (Å²) in [6, 6.07) is 3.15. The molecular formula is C13H21FN2O2. The number of nitrogens with two attached hydrogens (primary N) is 1. The van der Waals surface area contributed by atoms with Crippen LogP contribution >= 0.6 is 0 Å². The van der Waals surface area contributed by atoms with Gasteiger partial charge in [0.25, 0.3) is 0 Å². The Balaban J connectivity index is 3.10. The van der Waals surface area contributed by atoms with E-state index in [1.54, 1.807) is 13.2 Å². The summed E-state index contributed by atoms with van der Waals surface area (Å²) in [5.74, 6) is -0.253. The standard InChI is InChI=1S/C13H21FN2O2/c1-9(2)16(5-6-17-3)12-8-13(18-4)10(14)7-11(12)15/h7-9H,5-6,15H2,1-4H3. The van der Waals surface area contributed by atoms with Crippen molar-refractivity contribution in [2.45, 2.75) is 19.9 Å². The van der Waals surface area contributed by atoms with Crippen molar-refractivity contribution in [1.29, 1.82) is 0 Å². The molecule has 0 aliphatic carbocycles.